The summed E-state index contributed by atoms with van der Waals surface area (Å²) >= 11 is 0. The van der Waals surface area contributed by atoms with Crippen LogP contribution >= 0.6 is 0 Å². The number of nitrogens with one attached hydrogen (secondary N) is 1. The molecule has 1 N–H and O–H groups in total. The Morgan fingerprint density at radius 3 is 2.48 bits per heavy atom. The average molecular weight is 416 g/mol. The summed E-state index contributed by atoms with van der Waals surface area (Å²) in [6, 6.07) is 10.8. The second-order valence-electron chi connectivity index (χ2n) is 7.02. The van der Waals surface area contributed by atoms with E-state index in [-0.39, 0.29) is 16.7 Å². The highest BCUT2D eigenvalue weighted by Gasteiger charge is 2.28. The molecule has 0 saturated heterocycles. The van der Waals surface area contributed by atoms with E-state index in [1.165, 1.54) is 25.2 Å². The normalized spacial score (nSPS) is 13.6. The molecule has 2 heterocycles. The summed E-state index contributed by atoms with van der Waals surface area (Å²) in [7, 11) is 2.48. The summed E-state index contributed by atoms with van der Waals surface area (Å²) in [6.07, 6.45) is 6.42. The van der Waals surface area contributed by atoms with Gasteiger partial charge in [0.15, 0.2) is 5.43 Å². The number of aromatic nitrogens is 1. The van der Waals surface area contributed by atoms with Gasteiger partial charge in [0.25, 0.3) is 0 Å². The second kappa shape index (κ2) is 7.95. The maximum atomic E-state index is 13.2. The molecule has 4 rings (SSSR count). The maximum absolute atomic E-state index is 13.2. The topological polar surface area (TPSA) is 88.7 Å². The zero-order valence-corrected chi connectivity index (χ0v) is 17.3. The molecule has 0 spiro atoms. The zero-order valence-electron chi connectivity index (χ0n) is 17.3. The van der Waals surface area contributed by atoms with Crippen molar-refractivity contribution in [1.82, 2.24) is 4.98 Å². The molecule has 0 atom stereocenters. The Morgan fingerprint density at radius 2 is 1.74 bits per heavy atom. The molecule has 7 heteroatoms. The number of esters is 2. The van der Waals surface area contributed by atoms with Gasteiger partial charge in [-0.25, -0.2) is 9.59 Å². The number of nitrogens with zero attached hydrogens (tertiary/aromatic N) is 1. The van der Waals surface area contributed by atoms with Gasteiger partial charge in [-0.1, -0.05) is 23.8 Å². The third-order valence-electron chi connectivity index (χ3n) is 5.12. The van der Waals surface area contributed by atoms with Gasteiger partial charge >= 0.3 is 11.9 Å². The predicted octanol–water partition coefficient (Wildman–Crippen LogP) is 3.48. The number of aryl methyl sites for hydroxylation is 1. The molecule has 3 aromatic rings. The van der Waals surface area contributed by atoms with E-state index < -0.39 is 11.9 Å². The highest BCUT2D eigenvalue weighted by Crippen LogP contribution is 2.31. The molecular formula is C24H20N2O5. The van der Waals surface area contributed by atoms with Gasteiger partial charge in [-0.15, -0.1) is 0 Å². The van der Waals surface area contributed by atoms with E-state index in [1.54, 1.807) is 36.6 Å². The summed E-state index contributed by atoms with van der Waals surface area (Å²) < 4.78 is 9.82. The fourth-order valence-electron chi connectivity index (χ4n) is 3.65. The molecule has 0 radical (unpaired) electrons. The lowest BCUT2D eigenvalue weighted by atomic mass is 10.1. The van der Waals surface area contributed by atoms with E-state index in [2.05, 4.69) is 4.98 Å². The fourth-order valence-corrected chi connectivity index (χ4v) is 3.65. The summed E-state index contributed by atoms with van der Waals surface area (Å²) in [5.41, 5.74) is 2.59. The van der Waals surface area contributed by atoms with Gasteiger partial charge in [-0.3, -0.25) is 4.79 Å². The first-order valence-corrected chi connectivity index (χ1v) is 9.56. The van der Waals surface area contributed by atoms with Crippen LogP contribution in [-0.4, -0.2) is 31.1 Å². The first kappa shape index (κ1) is 20.2. The van der Waals surface area contributed by atoms with E-state index in [0.29, 0.717) is 27.5 Å². The van der Waals surface area contributed by atoms with Crippen LogP contribution in [0.5, 0.6) is 0 Å². The standard InChI is InChI=1S/C24H20N2O5/c1-14-10-11-18-17(13-14)22(27)15-8-6-9-19(20(15)25-18)26-12-5-4-7-16(23(28)30-2)21(26)24(29)31-3/h4-13H,1-3H3,(H,25,27). The van der Waals surface area contributed by atoms with Crippen molar-refractivity contribution in [1.29, 1.82) is 0 Å². The highest BCUT2D eigenvalue weighted by atomic mass is 16.5. The number of anilines is 1. The minimum absolute atomic E-state index is 0.0169. The minimum atomic E-state index is -0.715. The molecule has 0 aliphatic carbocycles. The average Bonchev–Trinajstić information content (AvgIpc) is 3.01. The van der Waals surface area contributed by atoms with Gasteiger partial charge in [0.05, 0.1) is 31.0 Å². The third kappa shape index (κ3) is 3.40. The Labute approximate surface area is 177 Å². The van der Waals surface area contributed by atoms with E-state index in [0.717, 1.165) is 5.56 Å². The Balaban J connectivity index is 2.06. The van der Waals surface area contributed by atoms with Gasteiger partial charge in [0, 0.05) is 22.5 Å². The molecule has 1 aliphatic heterocycles. The molecule has 0 saturated carbocycles. The summed E-state index contributed by atoms with van der Waals surface area (Å²) in [4.78, 5) is 43.1. The van der Waals surface area contributed by atoms with Crippen molar-refractivity contribution < 1.29 is 19.1 Å². The number of hydrogen-bond acceptors (Lipinski definition) is 6. The van der Waals surface area contributed by atoms with Gasteiger partial charge in [-0.05, 0) is 43.3 Å². The monoisotopic (exact) mass is 416 g/mol. The molecule has 0 unspecified atom stereocenters. The number of aromatic amines is 1. The predicted molar refractivity (Wildman–Crippen MR) is 119 cm³/mol. The van der Waals surface area contributed by atoms with Crippen LogP contribution < -0.4 is 10.3 Å². The van der Waals surface area contributed by atoms with E-state index in [9.17, 15) is 14.4 Å². The Kier molecular flexibility index (Phi) is 5.17. The first-order chi connectivity index (χ1) is 15.0. The van der Waals surface area contributed by atoms with Crippen LogP contribution in [-0.2, 0) is 19.1 Å². The van der Waals surface area contributed by atoms with Crippen LogP contribution in [0, 0.1) is 6.92 Å². The van der Waals surface area contributed by atoms with E-state index in [4.69, 9.17) is 9.47 Å². The lowest BCUT2D eigenvalue weighted by Crippen LogP contribution is -2.27. The molecule has 0 bridgehead atoms. The highest BCUT2D eigenvalue weighted by molar-refractivity contribution is 6.08. The number of fused-ring (bicyclic) bond motifs is 2. The molecular weight excluding hydrogens is 396 g/mol. The van der Waals surface area contributed by atoms with Crippen LogP contribution in [0.2, 0.25) is 0 Å². The molecule has 0 amide bonds. The van der Waals surface area contributed by atoms with Crippen molar-refractivity contribution in [3.8, 4) is 0 Å². The van der Waals surface area contributed by atoms with Crippen LogP contribution in [0.1, 0.15) is 5.56 Å². The molecule has 7 nitrogen and oxygen atoms in total. The van der Waals surface area contributed by atoms with Crippen LogP contribution in [0.3, 0.4) is 0 Å². The molecule has 156 valence electrons. The smallest absolute Gasteiger partial charge is 0.355 e. The van der Waals surface area contributed by atoms with Crippen LogP contribution in [0.4, 0.5) is 5.69 Å². The summed E-state index contributed by atoms with van der Waals surface area (Å²) in [6.45, 7) is 1.93. The van der Waals surface area contributed by atoms with Crippen molar-refractivity contribution >= 4 is 39.4 Å². The SMILES string of the molecule is COC(=O)C1=C(C(=O)OC)N(c2cccc3c(=O)c4cc(C)ccc4[nH]c23)C=CC=C1. The fraction of sp³-hybridized carbons (Fsp3) is 0.125. The van der Waals surface area contributed by atoms with Crippen LogP contribution in [0.15, 0.2) is 76.9 Å². The number of methoxy groups -OCH3 is 2. The molecule has 0 fully saturated rings. The molecule has 2 aromatic carbocycles. The number of rotatable bonds is 3. The Hall–Kier alpha value is -4.13. The number of carbonyl (C=O) groups is 2. The van der Waals surface area contributed by atoms with Gasteiger partial charge in [0.2, 0.25) is 0 Å². The van der Waals surface area contributed by atoms with E-state index >= 15 is 0 Å². The lowest BCUT2D eigenvalue weighted by molar-refractivity contribution is -0.139. The van der Waals surface area contributed by atoms with Crippen molar-refractivity contribution in [2.24, 2.45) is 0 Å². The first-order valence-electron chi connectivity index (χ1n) is 9.56. The number of allylic oxidation sites excluding steroid dienone is 2. The van der Waals surface area contributed by atoms with Gasteiger partial charge < -0.3 is 19.4 Å². The number of para-hydroxylation sites is 1. The number of carbonyl (C=O) groups excluding carboxylic acids is 2. The molecule has 1 aliphatic rings. The maximum Gasteiger partial charge on any atom is 0.355 e. The number of hydrogen-bond donors (Lipinski definition) is 1. The van der Waals surface area contributed by atoms with Gasteiger partial charge in [-0.2, -0.15) is 0 Å². The van der Waals surface area contributed by atoms with Gasteiger partial charge in [0.1, 0.15) is 5.70 Å². The lowest BCUT2D eigenvalue weighted by Gasteiger charge is -2.24. The molecule has 1 aromatic heterocycles. The second-order valence-corrected chi connectivity index (χ2v) is 7.02. The van der Waals surface area contributed by atoms with Crippen molar-refractivity contribution in [3.63, 3.8) is 0 Å². The zero-order chi connectivity index (χ0) is 22.1. The van der Waals surface area contributed by atoms with Crippen molar-refractivity contribution in [3.05, 3.63) is 87.9 Å². The largest absolute Gasteiger partial charge is 0.465 e. The van der Waals surface area contributed by atoms with Crippen molar-refractivity contribution in [2.75, 3.05) is 19.1 Å². The summed E-state index contributed by atoms with van der Waals surface area (Å²) in [5.74, 6) is -1.40. The Bertz CT molecular complexity index is 1380. The quantitative estimate of drug-likeness (QED) is 0.520. The molecule has 31 heavy (non-hydrogen) atoms. The number of H-pyrrole nitrogens is 1. The summed E-state index contributed by atoms with van der Waals surface area (Å²) in [5, 5.41) is 1.04. The Morgan fingerprint density at radius 1 is 0.968 bits per heavy atom. The minimum Gasteiger partial charge on any atom is -0.465 e. The number of pyridine rings is 1. The number of benzene rings is 2. The number of ether oxygens (including phenoxy) is 2. The van der Waals surface area contributed by atoms with Crippen molar-refractivity contribution in [2.45, 2.75) is 6.92 Å². The van der Waals surface area contributed by atoms with Crippen LogP contribution in [0.25, 0.3) is 21.8 Å². The third-order valence-corrected chi connectivity index (χ3v) is 5.12. The van der Waals surface area contributed by atoms with E-state index in [1.807, 2.05) is 25.1 Å².